The number of ether oxygens (including phenoxy) is 1. The molecule has 2 aromatic heterocycles. The van der Waals surface area contributed by atoms with E-state index in [2.05, 4.69) is 37.1 Å². The van der Waals surface area contributed by atoms with Crippen molar-refractivity contribution in [2.45, 2.75) is 33.4 Å². The molecule has 1 aliphatic heterocycles. The lowest BCUT2D eigenvalue weighted by atomic mass is 10.1. The average molecular weight is 367 g/mol. The van der Waals surface area contributed by atoms with Crippen LogP contribution in [0.15, 0.2) is 35.2 Å². The van der Waals surface area contributed by atoms with Gasteiger partial charge in [-0.25, -0.2) is 9.97 Å². The molecule has 0 atom stereocenters. The normalized spacial score (nSPS) is 15.6. The summed E-state index contributed by atoms with van der Waals surface area (Å²) < 4.78 is 11.0. The summed E-state index contributed by atoms with van der Waals surface area (Å²) >= 11 is 0. The van der Waals surface area contributed by atoms with Gasteiger partial charge in [0.2, 0.25) is 5.88 Å². The quantitative estimate of drug-likeness (QED) is 0.686. The number of piperazine rings is 1. The van der Waals surface area contributed by atoms with Crippen molar-refractivity contribution >= 4 is 16.6 Å². The first-order valence-corrected chi connectivity index (χ1v) is 9.39. The minimum Gasteiger partial charge on any atom is -0.474 e. The largest absolute Gasteiger partial charge is 0.474 e. The molecule has 0 radical (unpaired) electrons. The minimum atomic E-state index is 0.0798. The number of nitrogens with zero attached hydrogens (tertiary/aromatic N) is 5. The van der Waals surface area contributed by atoms with Crippen molar-refractivity contribution in [3.05, 3.63) is 42.0 Å². The van der Waals surface area contributed by atoms with E-state index in [4.69, 9.17) is 9.26 Å². The second-order valence-electron chi connectivity index (χ2n) is 7.22. The number of fused-ring (bicyclic) bond motifs is 1. The van der Waals surface area contributed by atoms with Crippen molar-refractivity contribution < 1.29 is 9.26 Å². The van der Waals surface area contributed by atoms with Crippen LogP contribution in [-0.4, -0.2) is 52.3 Å². The highest BCUT2D eigenvalue weighted by Crippen LogP contribution is 2.28. The van der Waals surface area contributed by atoms with Gasteiger partial charge in [0.05, 0.1) is 23.2 Å². The van der Waals surface area contributed by atoms with Crippen LogP contribution in [0.4, 0.5) is 5.69 Å². The fraction of sp³-hybridized carbons (Fsp3) is 0.450. The Bertz CT molecular complexity index is 916. The van der Waals surface area contributed by atoms with E-state index in [0.29, 0.717) is 5.88 Å². The van der Waals surface area contributed by atoms with Crippen molar-refractivity contribution in [2.75, 3.05) is 31.1 Å². The number of aryl methyl sites for hydroxylation is 1. The molecule has 0 bridgehead atoms. The Morgan fingerprint density at radius 3 is 2.67 bits per heavy atom. The molecule has 27 heavy (non-hydrogen) atoms. The van der Waals surface area contributed by atoms with Crippen LogP contribution in [0, 0.1) is 6.92 Å². The topological polar surface area (TPSA) is 67.5 Å². The molecule has 1 aromatic carbocycles. The number of benzene rings is 1. The summed E-state index contributed by atoms with van der Waals surface area (Å²) in [6.45, 7) is 10.8. The molecule has 0 saturated carbocycles. The SMILES string of the molecule is Cc1oncc1CN1CCN(c2ccc3ncnc(OC(C)C)c3c2)CC1. The first kappa shape index (κ1) is 17.7. The fourth-order valence-electron chi connectivity index (χ4n) is 3.41. The number of aromatic nitrogens is 3. The number of hydrogen-bond acceptors (Lipinski definition) is 7. The van der Waals surface area contributed by atoms with Crippen LogP contribution in [0.2, 0.25) is 0 Å². The van der Waals surface area contributed by atoms with Crippen LogP contribution in [0.25, 0.3) is 10.9 Å². The van der Waals surface area contributed by atoms with Crippen LogP contribution >= 0.6 is 0 Å². The van der Waals surface area contributed by atoms with E-state index in [-0.39, 0.29) is 6.10 Å². The molecular weight excluding hydrogens is 342 g/mol. The van der Waals surface area contributed by atoms with Gasteiger partial charge in [-0.1, -0.05) is 5.16 Å². The van der Waals surface area contributed by atoms with E-state index in [9.17, 15) is 0 Å². The fourth-order valence-corrected chi connectivity index (χ4v) is 3.41. The molecule has 1 fully saturated rings. The maximum atomic E-state index is 5.86. The molecule has 0 N–H and O–H groups in total. The third-order valence-corrected chi connectivity index (χ3v) is 4.91. The first-order valence-electron chi connectivity index (χ1n) is 9.39. The maximum absolute atomic E-state index is 5.86. The van der Waals surface area contributed by atoms with Crippen molar-refractivity contribution in [3.63, 3.8) is 0 Å². The molecule has 0 spiro atoms. The van der Waals surface area contributed by atoms with Gasteiger partial charge in [0.25, 0.3) is 0 Å². The van der Waals surface area contributed by atoms with Crippen LogP contribution in [-0.2, 0) is 6.54 Å². The van der Waals surface area contributed by atoms with Gasteiger partial charge in [-0.15, -0.1) is 0 Å². The molecule has 3 heterocycles. The molecule has 0 aliphatic carbocycles. The first-order chi connectivity index (χ1) is 13.1. The van der Waals surface area contributed by atoms with Gasteiger partial charge in [0.1, 0.15) is 12.1 Å². The Balaban J connectivity index is 1.48. The molecule has 142 valence electrons. The molecule has 1 aliphatic rings. The summed E-state index contributed by atoms with van der Waals surface area (Å²) in [6, 6.07) is 6.33. The predicted molar refractivity (Wildman–Crippen MR) is 104 cm³/mol. The lowest BCUT2D eigenvalue weighted by Crippen LogP contribution is -2.46. The highest BCUT2D eigenvalue weighted by atomic mass is 16.5. The summed E-state index contributed by atoms with van der Waals surface area (Å²) in [5, 5.41) is 4.84. The van der Waals surface area contributed by atoms with Crippen LogP contribution in [0.5, 0.6) is 5.88 Å². The van der Waals surface area contributed by atoms with Gasteiger partial charge in [-0.3, -0.25) is 4.90 Å². The van der Waals surface area contributed by atoms with E-state index in [1.54, 1.807) is 6.33 Å². The molecule has 0 unspecified atom stereocenters. The van der Waals surface area contributed by atoms with Gasteiger partial charge in [0.15, 0.2) is 0 Å². The van der Waals surface area contributed by atoms with Gasteiger partial charge < -0.3 is 14.2 Å². The molecule has 3 aromatic rings. The minimum absolute atomic E-state index is 0.0798. The van der Waals surface area contributed by atoms with Gasteiger partial charge >= 0.3 is 0 Å². The van der Waals surface area contributed by atoms with Crippen LogP contribution in [0.1, 0.15) is 25.2 Å². The number of hydrogen-bond donors (Lipinski definition) is 0. The van der Waals surface area contributed by atoms with Crippen molar-refractivity contribution in [2.24, 2.45) is 0 Å². The molecular formula is C20H25N5O2. The predicted octanol–water partition coefficient (Wildman–Crippen LogP) is 3.04. The number of rotatable bonds is 5. The zero-order chi connectivity index (χ0) is 18.8. The van der Waals surface area contributed by atoms with Gasteiger partial charge in [-0.05, 0) is 39.0 Å². The third-order valence-electron chi connectivity index (χ3n) is 4.91. The summed E-state index contributed by atoms with van der Waals surface area (Å²) in [4.78, 5) is 13.5. The Hall–Kier alpha value is -2.67. The molecule has 0 amide bonds. The average Bonchev–Trinajstić information content (AvgIpc) is 3.07. The zero-order valence-electron chi connectivity index (χ0n) is 16.1. The van der Waals surface area contributed by atoms with Crippen LogP contribution in [0.3, 0.4) is 0 Å². The van der Waals surface area contributed by atoms with Crippen molar-refractivity contribution in [3.8, 4) is 5.88 Å². The number of anilines is 1. The van der Waals surface area contributed by atoms with Crippen molar-refractivity contribution in [1.29, 1.82) is 0 Å². The molecule has 7 nitrogen and oxygen atoms in total. The monoisotopic (exact) mass is 367 g/mol. The second-order valence-corrected chi connectivity index (χ2v) is 7.22. The standard InChI is InChI=1S/C20H25N5O2/c1-14(2)26-20-18-10-17(4-5-19(18)21-13-22-20)25-8-6-24(7-9-25)12-16-11-23-27-15(16)3/h4-5,10-11,13-14H,6-9,12H2,1-3H3. The van der Waals surface area contributed by atoms with Gasteiger partial charge in [-0.2, -0.15) is 0 Å². The smallest absolute Gasteiger partial charge is 0.224 e. The maximum Gasteiger partial charge on any atom is 0.224 e. The van der Waals surface area contributed by atoms with E-state index >= 15 is 0 Å². The van der Waals surface area contributed by atoms with Gasteiger partial charge in [0, 0.05) is 44.0 Å². The van der Waals surface area contributed by atoms with E-state index in [1.165, 1.54) is 11.3 Å². The highest BCUT2D eigenvalue weighted by Gasteiger charge is 2.19. The Labute approximate surface area is 158 Å². The summed E-state index contributed by atoms with van der Waals surface area (Å²) in [6.07, 6.45) is 3.46. The second kappa shape index (κ2) is 7.52. The van der Waals surface area contributed by atoms with E-state index in [1.807, 2.05) is 33.0 Å². The Kier molecular flexibility index (Phi) is 4.94. The van der Waals surface area contributed by atoms with E-state index < -0.39 is 0 Å². The summed E-state index contributed by atoms with van der Waals surface area (Å²) in [5.74, 6) is 1.56. The zero-order valence-corrected chi connectivity index (χ0v) is 16.1. The highest BCUT2D eigenvalue weighted by molar-refractivity contribution is 5.86. The molecule has 1 saturated heterocycles. The third kappa shape index (κ3) is 3.88. The summed E-state index contributed by atoms with van der Waals surface area (Å²) in [7, 11) is 0. The van der Waals surface area contributed by atoms with Crippen LogP contribution < -0.4 is 9.64 Å². The lowest BCUT2D eigenvalue weighted by Gasteiger charge is -2.36. The Morgan fingerprint density at radius 2 is 1.96 bits per heavy atom. The Morgan fingerprint density at radius 1 is 1.15 bits per heavy atom. The van der Waals surface area contributed by atoms with Crippen molar-refractivity contribution in [1.82, 2.24) is 20.0 Å². The lowest BCUT2D eigenvalue weighted by molar-refractivity contribution is 0.235. The summed E-state index contributed by atoms with van der Waals surface area (Å²) in [5.41, 5.74) is 3.26. The van der Waals surface area contributed by atoms with E-state index in [0.717, 1.165) is 49.4 Å². The molecule has 4 rings (SSSR count). The molecule has 7 heteroatoms.